The number of nitrogens with two attached hydrogens (primary N) is 1. The van der Waals surface area contributed by atoms with Gasteiger partial charge >= 0.3 is 5.97 Å². The Kier molecular flexibility index (Phi) is 5.61. The lowest BCUT2D eigenvalue weighted by Crippen LogP contribution is -2.53. The van der Waals surface area contributed by atoms with Gasteiger partial charge in [-0.15, -0.1) is 0 Å². The first-order valence-corrected chi connectivity index (χ1v) is 10.1. The average Bonchev–Trinajstić information content (AvgIpc) is 3.02. The third kappa shape index (κ3) is 3.62. The molecule has 1 saturated carbocycles. The highest BCUT2D eigenvalue weighted by Gasteiger charge is 2.70. The SMILES string of the molecule is CCC(CC)[C@H](N)C(=O)N1C[C@H]2[C@@H]([C@H]1C(=O)OCc1ccccc1)C2(C)C. The molecule has 1 aliphatic heterocycles. The van der Waals surface area contributed by atoms with E-state index in [9.17, 15) is 9.59 Å². The first kappa shape index (κ1) is 19.9. The predicted octanol–water partition coefficient (Wildman–Crippen LogP) is 2.98. The first-order valence-electron chi connectivity index (χ1n) is 10.1. The van der Waals surface area contributed by atoms with Crippen LogP contribution in [-0.4, -0.2) is 35.4 Å². The normalized spacial score (nSPS) is 26.6. The van der Waals surface area contributed by atoms with Gasteiger partial charge in [0.1, 0.15) is 12.6 Å². The number of likely N-dealkylation sites (tertiary alicyclic amines) is 1. The highest BCUT2D eigenvalue weighted by atomic mass is 16.5. The lowest BCUT2D eigenvalue weighted by Gasteiger charge is -2.33. The van der Waals surface area contributed by atoms with Crippen LogP contribution >= 0.6 is 0 Å². The van der Waals surface area contributed by atoms with Crippen molar-refractivity contribution in [1.82, 2.24) is 4.90 Å². The molecular formula is C22H32N2O3. The zero-order valence-electron chi connectivity index (χ0n) is 16.9. The van der Waals surface area contributed by atoms with Crippen LogP contribution in [0, 0.1) is 23.2 Å². The van der Waals surface area contributed by atoms with Crippen LogP contribution in [0.25, 0.3) is 0 Å². The van der Waals surface area contributed by atoms with Crippen LogP contribution in [0.2, 0.25) is 0 Å². The summed E-state index contributed by atoms with van der Waals surface area (Å²) in [5, 5.41) is 0. The average molecular weight is 373 g/mol. The highest BCUT2D eigenvalue weighted by Crippen LogP contribution is 2.65. The Balaban J connectivity index is 1.72. The zero-order valence-corrected chi connectivity index (χ0v) is 16.9. The van der Waals surface area contributed by atoms with Gasteiger partial charge in [0.05, 0.1) is 6.04 Å². The molecule has 0 spiro atoms. The van der Waals surface area contributed by atoms with Crippen molar-refractivity contribution < 1.29 is 14.3 Å². The Hall–Kier alpha value is -1.88. The third-order valence-electron chi connectivity index (χ3n) is 6.80. The van der Waals surface area contributed by atoms with Crippen molar-refractivity contribution >= 4 is 11.9 Å². The number of piperidine rings is 1. The molecule has 0 aromatic heterocycles. The van der Waals surface area contributed by atoms with E-state index in [1.807, 2.05) is 30.3 Å². The maximum absolute atomic E-state index is 13.1. The molecule has 0 unspecified atom stereocenters. The molecular weight excluding hydrogens is 340 g/mol. The Morgan fingerprint density at radius 2 is 1.85 bits per heavy atom. The number of carbonyl (C=O) groups is 2. The minimum absolute atomic E-state index is 0.0756. The second-order valence-corrected chi connectivity index (χ2v) is 8.58. The second-order valence-electron chi connectivity index (χ2n) is 8.58. The molecule has 148 valence electrons. The number of carbonyl (C=O) groups excluding carboxylic acids is 2. The van der Waals surface area contributed by atoms with Crippen LogP contribution in [-0.2, 0) is 20.9 Å². The van der Waals surface area contributed by atoms with Crippen LogP contribution in [0.1, 0.15) is 46.1 Å². The van der Waals surface area contributed by atoms with Gasteiger partial charge in [-0.3, -0.25) is 4.79 Å². The zero-order chi connectivity index (χ0) is 19.8. The highest BCUT2D eigenvalue weighted by molar-refractivity contribution is 5.89. The molecule has 1 saturated heterocycles. The van der Waals surface area contributed by atoms with Gasteiger partial charge in [0.25, 0.3) is 0 Å². The summed E-state index contributed by atoms with van der Waals surface area (Å²) in [5.74, 6) is 0.252. The van der Waals surface area contributed by atoms with Crippen molar-refractivity contribution in [2.45, 2.75) is 59.2 Å². The molecule has 1 aromatic rings. The topological polar surface area (TPSA) is 72.6 Å². The molecule has 1 aromatic carbocycles. The van der Waals surface area contributed by atoms with Crippen LogP contribution in [0.4, 0.5) is 0 Å². The fourth-order valence-corrected chi connectivity index (χ4v) is 4.79. The molecule has 0 radical (unpaired) electrons. The van der Waals surface area contributed by atoms with Crippen molar-refractivity contribution in [3.8, 4) is 0 Å². The van der Waals surface area contributed by atoms with Crippen LogP contribution < -0.4 is 5.73 Å². The lowest BCUT2D eigenvalue weighted by molar-refractivity contribution is -0.157. The van der Waals surface area contributed by atoms with Crippen molar-refractivity contribution in [2.24, 2.45) is 28.9 Å². The van der Waals surface area contributed by atoms with E-state index in [4.69, 9.17) is 10.5 Å². The Morgan fingerprint density at radius 1 is 1.22 bits per heavy atom. The summed E-state index contributed by atoms with van der Waals surface area (Å²) in [6, 6.07) is 8.56. The monoisotopic (exact) mass is 372 g/mol. The van der Waals surface area contributed by atoms with Crippen LogP contribution in [0.3, 0.4) is 0 Å². The Morgan fingerprint density at radius 3 is 2.44 bits per heavy atom. The minimum Gasteiger partial charge on any atom is -0.459 e. The van der Waals surface area contributed by atoms with Crippen molar-refractivity contribution in [3.05, 3.63) is 35.9 Å². The third-order valence-corrected chi connectivity index (χ3v) is 6.80. The standard InChI is InChI=1S/C22H32N2O3/c1-5-15(6-2)18(23)20(25)24-12-16-17(22(16,3)4)19(24)21(26)27-13-14-10-8-7-9-11-14/h7-11,15-19H,5-6,12-13,23H2,1-4H3/t16-,17-,18-,19-/m0/s1. The number of esters is 1. The molecule has 1 aliphatic carbocycles. The largest absolute Gasteiger partial charge is 0.459 e. The summed E-state index contributed by atoms with van der Waals surface area (Å²) in [4.78, 5) is 27.7. The van der Waals surface area contributed by atoms with Gasteiger partial charge < -0.3 is 15.4 Å². The van der Waals surface area contributed by atoms with E-state index in [0.29, 0.717) is 12.5 Å². The summed E-state index contributed by atoms with van der Waals surface area (Å²) in [6.45, 7) is 9.28. The number of benzene rings is 1. The number of rotatable bonds is 7. The minimum atomic E-state index is -0.551. The molecule has 2 N–H and O–H groups in total. The number of ether oxygens (including phenoxy) is 1. The number of fused-ring (bicyclic) bond motifs is 1. The van der Waals surface area contributed by atoms with E-state index in [-0.39, 0.29) is 35.7 Å². The predicted molar refractivity (Wildman–Crippen MR) is 105 cm³/mol. The number of nitrogens with zero attached hydrogens (tertiary/aromatic N) is 1. The van der Waals surface area contributed by atoms with E-state index < -0.39 is 12.1 Å². The van der Waals surface area contributed by atoms with Crippen LogP contribution in [0.15, 0.2) is 30.3 Å². The second kappa shape index (κ2) is 7.63. The van der Waals surface area contributed by atoms with Crippen molar-refractivity contribution in [3.63, 3.8) is 0 Å². The summed E-state index contributed by atoms with van der Waals surface area (Å²) in [5.41, 5.74) is 7.30. The van der Waals surface area contributed by atoms with Gasteiger partial charge in [-0.1, -0.05) is 70.9 Å². The van der Waals surface area contributed by atoms with Gasteiger partial charge in [0, 0.05) is 12.5 Å². The van der Waals surface area contributed by atoms with E-state index in [2.05, 4.69) is 27.7 Å². The molecule has 1 amide bonds. The maximum Gasteiger partial charge on any atom is 0.329 e. The Labute approximate surface area is 162 Å². The molecule has 3 rings (SSSR count). The molecule has 2 aliphatic rings. The van der Waals surface area contributed by atoms with E-state index >= 15 is 0 Å². The van der Waals surface area contributed by atoms with Crippen molar-refractivity contribution in [1.29, 1.82) is 0 Å². The molecule has 27 heavy (non-hydrogen) atoms. The number of hydrogen-bond donors (Lipinski definition) is 1. The van der Waals surface area contributed by atoms with Gasteiger partial charge in [-0.2, -0.15) is 0 Å². The van der Waals surface area contributed by atoms with Gasteiger partial charge in [0.15, 0.2) is 0 Å². The quantitative estimate of drug-likeness (QED) is 0.747. The fraction of sp³-hybridized carbons (Fsp3) is 0.636. The summed E-state index contributed by atoms with van der Waals surface area (Å²) in [6.07, 6.45) is 1.72. The molecule has 0 bridgehead atoms. The van der Waals surface area contributed by atoms with E-state index in [0.717, 1.165) is 18.4 Å². The van der Waals surface area contributed by atoms with E-state index in [1.165, 1.54) is 0 Å². The molecule has 4 atom stereocenters. The number of amides is 1. The lowest BCUT2D eigenvalue weighted by atomic mass is 9.92. The fourth-order valence-electron chi connectivity index (χ4n) is 4.79. The molecule has 5 heteroatoms. The summed E-state index contributed by atoms with van der Waals surface area (Å²) in [7, 11) is 0. The maximum atomic E-state index is 13.1. The van der Waals surface area contributed by atoms with E-state index in [1.54, 1.807) is 4.90 Å². The molecule has 5 nitrogen and oxygen atoms in total. The molecule has 2 fully saturated rings. The smallest absolute Gasteiger partial charge is 0.329 e. The first-order chi connectivity index (χ1) is 12.8. The van der Waals surface area contributed by atoms with Crippen molar-refractivity contribution in [2.75, 3.05) is 6.54 Å². The Bertz CT molecular complexity index is 684. The summed E-state index contributed by atoms with van der Waals surface area (Å²) < 4.78 is 5.60. The molecule has 1 heterocycles. The van der Waals surface area contributed by atoms with Crippen LogP contribution in [0.5, 0.6) is 0 Å². The summed E-state index contributed by atoms with van der Waals surface area (Å²) >= 11 is 0. The van der Waals surface area contributed by atoms with Gasteiger partial charge in [-0.25, -0.2) is 4.79 Å². The number of hydrogen-bond acceptors (Lipinski definition) is 4. The van der Waals surface area contributed by atoms with Gasteiger partial charge in [-0.05, 0) is 22.8 Å². The van der Waals surface area contributed by atoms with Gasteiger partial charge in [0.2, 0.25) is 5.91 Å².